The molecule has 6 rings (SSSR count). The number of nitrogens with one attached hydrogen (secondary N) is 3. The summed E-state index contributed by atoms with van der Waals surface area (Å²) in [5.41, 5.74) is 14.5. The number of nitrogens with zero attached hydrogens (tertiary/aromatic N) is 4. The van der Waals surface area contributed by atoms with E-state index in [4.69, 9.17) is 15.3 Å². The van der Waals surface area contributed by atoms with Crippen LogP contribution < -0.4 is 22.2 Å². The van der Waals surface area contributed by atoms with Crippen molar-refractivity contribution in [2.45, 2.75) is 80.6 Å². The molecule has 4 aromatic heterocycles. The van der Waals surface area contributed by atoms with Crippen molar-refractivity contribution < 1.29 is 14.4 Å². The molecule has 0 aliphatic rings. The number of aryl methyl sites for hydroxylation is 6. The first-order valence-corrected chi connectivity index (χ1v) is 17.7. The number of rotatable bonds is 8. The van der Waals surface area contributed by atoms with Crippen molar-refractivity contribution in [1.82, 2.24) is 34.8 Å². The molecule has 5 N–H and O–H groups in total. The standard InChI is InChI=1S/C21H24N4O2.C12H14N2.C8H12N2O.CO2/c1-13-10-14(2)23-21(27)18(13)11-22-20(26)19-12-25(24-15(19)3)16(4)17-8-6-5-7-9-17;1-10-8-9-14(13-10)11(2)12-6-4-3-5-7-12;1-5-3-6(2)10-8(11)7(5)4-9;2-1-3/h5-10,12,16H,11H2,1-4H3,(H,22,26)(H,23,27);3-9,11H,1-2H3;3H,4,9H2,1-2H3,(H,10,11);. The first kappa shape index (κ1) is 43.0. The fraction of sp³-hybridized carbons (Fsp3) is 0.286. The van der Waals surface area contributed by atoms with Crippen LogP contribution in [-0.2, 0) is 22.7 Å². The van der Waals surface area contributed by atoms with Crippen LogP contribution in [0.25, 0.3) is 0 Å². The number of aromatic nitrogens is 6. The minimum atomic E-state index is -0.238. The summed E-state index contributed by atoms with van der Waals surface area (Å²) in [5, 5.41) is 11.7. The molecule has 0 aliphatic heterocycles. The number of aromatic amines is 2. The number of pyridine rings is 2. The van der Waals surface area contributed by atoms with Gasteiger partial charge >= 0.3 is 6.15 Å². The number of H-pyrrole nitrogens is 2. The van der Waals surface area contributed by atoms with Crippen molar-refractivity contribution in [3.8, 4) is 0 Å². The van der Waals surface area contributed by atoms with Crippen LogP contribution in [-0.4, -0.2) is 41.6 Å². The van der Waals surface area contributed by atoms with E-state index in [9.17, 15) is 14.4 Å². The summed E-state index contributed by atoms with van der Waals surface area (Å²) in [6.45, 7) is 16.0. The SMILES string of the molecule is Cc1cc(C)c(CN)c(=O)[nH]1.Cc1cc(C)c(CNC(=O)c2cn(C(C)c3ccccc3)nc2C)c(=O)[nH]1.Cc1ccn(C(C)c2ccccc2)n1.O=C=O. The van der Waals surface area contributed by atoms with Crippen molar-refractivity contribution in [1.29, 1.82) is 0 Å². The molecular formula is C42H50N8O5. The van der Waals surface area contributed by atoms with Crippen molar-refractivity contribution in [3.05, 3.63) is 174 Å². The molecule has 0 saturated heterocycles. The molecule has 2 atom stereocenters. The molecule has 0 fully saturated rings. The van der Waals surface area contributed by atoms with Crippen LogP contribution in [0.15, 0.2) is 101 Å². The third-order valence-corrected chi connectivity index (χ3v) is 8.88. The van der Waals surface area contributed by atoms with E-state index in [1.54, 1.807) is 10.9 Å². The van der Waals surface area contributed by atoms with Gasteiger partial charge in [0.1, 0.15) is 0 Å². The topological polar surface area (TPSA) is 191 Å². The number of amides is 1. The van der Waals surface area contributed by atoms with Gasteiger partial charge in [0.05, 0.1) is 29.0 Å². The normalized spacial score (nSPS) is 11.3. The highest BCUT2D eigenvalue weighted by Gasteiger charge is 2.17. The molecule has 6 aromatic rings. The van der Waals surface area contributed by atoms with Crippen LogP contribution >= 0.6 is 0 Å². The average Bonchev–Trinajstić information content (AvgIpc) is 3.77. The van der Waals surface area contributed by atoms with Gasteiger partial charge in [-0.15, -0.1) is 0 Å². The summed E-state index contributed by atoms with van der Waals surface area (Å²) in [6.07, 6.45) is 4.03. The second-order valence-corrected chi connectivity index (χ2v) is 13.1. The second kappa shape index (κ2) is 20.7. The van der Waals surface area contributed by atoms with Gasteiger partial charge in [0.15, 0.2) is 0 Å². The van der Waals surface area contributed by atoms with Gasteiger partial charge in [0.25, 0.3) is 17.0 Å². The van der Waals surface area contributed by atoms with Gasteiger partial charge in [-0.25, -0.2) is 0 Å². The molecule has 2 aromatic carbocycles. The molecule has 0 saturated carbocycles. The first-order valence-electron chi connectivity index (χ1n) is 17.7. The van der Waals surface area contributed by atoms with E-state index in [-0.39, 0.29) is 35.8 Å². The molecule has 0 radical (unpaired) electrons. The Hall–Kier alpha value is -6.43. The maximum Gasteiger partial charge on any atom is 0.373 e. The van der Waals surface area contributed by atoms with Crippen LogP contribution in [0.5, 0.6) is 0 Å². The van der Waals surface area contributed by atoms with Crippen LogP contribution in [0.3, 0.4) is 0 Å². The van der Waals surface area contributed by atoms with E-state index < -0.39 is 0 Å². The maximum absolute atomic E-state index is 12.6. The summed E-state index contributed by atoms with van der Waals surface area (Å²) in [6, 6.07) is 26.6. The van der Waals surface area contributed by atoms with Crippen molar-refractivity contribution in [2.75, 3.05) is 0 Å². The van der Waals surface area contributed by atoms with Gasteiger partial charge in [0, 0.05) is 48.0 Å². The molecule has 55 heavy (non-hydrogen) atoms. The maximum atomic E-state index is 12.6. The van der Waals surface area contributed by atoms with E-state index >= 15 is 0 Å². The first-order chi connectivity index (χ1) is 26.2. The molecule has 288 valence electrons. The molecule has 0 spiro atoms. The zero-order valence-electron chi connectivity index (χ0n) is 32.6. The van der Waals surface area contributed by atoms with E-state index in [0.29, 0.717) is 35.0 Å². The Morgan fingerprint density at radius 3 is 1.65 bits per heavy atom. The number of nitrogens with two attached hydrogens (primary N) is 1. The van der Waals surface area contributed by atoms with Crippen molar-refractivity contribution in [2.24, 2.45) is 5.73 Å². The van der Waals surface area contributed by atoms with E-state index in [1.807, 2.05) is 114 Å². The molecule has 0 aliphatic carbocycles. The van der Waals surface area contributed by atoms with Crippen LogP contribution in [0.4, 0.5) is 0 Å². The second-order valence-electron chi connectivity index (χ2n) is 13.1. The summed E-state index contributed by atoms with van der Waals surface area (Å²) >= 11 is 0. The fourth-order valence-corrected chi connectivity index (χ4v) is 5.82. The number of hydrogen-bond acceptors (Lipinski definition) is 8. The molecule has 0 bridgehead atoms. The molecule has 13 nitrogen and oxygen atoms in total. The zero-order valence-corrected chi connectivity index (χ0v) is 32.6. The van der Waals surface area contributed by atoms with Crippen LogP contribution in [0.1, 0.15) is 92.4 Å². The lowest BCUT2D eigenvalue weighted by Gasteiger charge is -2.12. The van der Waals surface area contributed by atoms with E-state index in [1.165, 1.54) is 5.56 Å². The Balaban J connectivity index is 0.000000241. The third kappa shape index (κ3) is 12.3. The fourth-order valence-electron chi connectivity index (χ4n) is 5.82. The van der Waals surface area contributed by atoms with Crippen molar-refractivity contribution in [3.63, 3.8) is 0 Å². The number of carbonyl (C=O) groups is 1. The smallest absolute Gasteiger partial charge is 0.348 e. The molecule has 4 heterocycles. The summed E-state index contributed by atoms with van der Waals surface area (Å²) in [5.74, 6) is -0.238. The number of benzene rings is 2. The van der Waals surface area contributed by atoms with E-state index in [0.717, 1.165) is 33.8 Å². The summed E-state index contributed by atoms with van der Waals surface area (Å²) < 4.78 is 3.79. The lowest BCUT2D eigenvalue weighted by atomic mass is 10.1. The minimum absolute atomic E-state index is 0.0219. The highest BCUT2D eigenvalue weighted by molar-refractivity contribution is 5.95. The minimum Gasteiger partial charge on any atom is -0.348 e. The molecule has 13 heteroatoms. The highest BCUT2D eigenvalue weighted by atomic mass is 16.2. The zero-order chi connectivity index (χ0) is 40.7. The van der Waals surface area contributed by atoms with Crippen molar-refractivity contribution >= 4 is 12.1 Å². The highest BCUT2D eigenvalue weighted by Crippen LogP contribution is 2.19. The lowest BCUT2D eigenvalue weighted by Crippen LogP contribution is -2.28. The van der Waals surface area contributed by atoms with Gasteiger partial charge in [-0.05, 0) is 95.8 Å². The Kier molecular flexibility index (Phi) is 16.2. The van der Waals surface area contributed by atoms with E-state index in [2.05, 4.69) is 56.7 Å². The predicted octanol–water partition coefficient (Wildman–Crippen LogP) is 5.70. The quantitative estimate of drug-likeness (QED) is 0.152. The molecule has 2 unspecified atom stereocenters. The van der Waals surface area contributed by atoms with Gasteiger partial charge in [-0.1, -0.05) is 60.7 Å². The van der Waals surface area contributed by atoms with Gasteiger partial charge in [0.2, 0.25) is 0 Å². The molecule has 1 amide bonds. The van der Waals surface area contributed by atoms with Crippen LogP contribution in [0, 0.1) is 41.5 Å². The monoisotopic (exact) mass is 746 g/mol. The van der Waals surface area contributed by atoms with Crippen LogP contribution in [0.2, 0.25) is 0 Å². The Morgan fingerprint density at radius 2 is 1.22 bits per heavy atom. The Bertz CT molecular complexity index is 2300. The lowest BCUT2D eigenvalue weighted by molar-refractivity contribution is -0.191. The summed E-state index contributed by atoms with van der Waals surface area (Å²) in [7, 11) is 0. The largest absolute Gasteiger partial charge is 0.373 e. The number of hydrogen-bond donors (Lipinski definition) is 4. The Morgan fingerprint density at radius 1 is 0.745 bits per heavy atom. The van der Waals surface area contributed by atoms with Gasteiger partial charge in [-0.3, -0.25) is 23.7 Å². The Labute approximate surface area is 320 Å². The number of carbonyl (C=O) groups excluding carboxylic acids is 3. The average molecular weight is 747 g/mol. The predicted molar refractivity (Wildman–Crippen MR) is 212 cm³/mol. The molecular weight excluding hydrogens is 697 g/mol. The summed E-state index contributed by atoms with van der Waals surface area (Å²) in [4.78, 5) is 57.6. The third-order valence-electron chi connectivity index (χ3n) is 8.88. The van der Waals surface area contributed by atoms with Gasteiger partial charge < -0.3 is 21.0 Å². The van der Waals surface area contributed by atoms with Gasteiger partial charge in [-0.2, -0.15) is 19.8 Å².